The Morgan fingerprint density at radius 3 is 2.71 bits per heavy atom. The zero-order chi connectivity index (χ0) is 10.3. The van der Waals surface area contributed by atoms with Crippen molar-refractivity contribution in [2.75, 3.05) is 0 Å². The summed E-state index contributed by atoms with van der Waals surface area (Å²) in [5, 5.41) is 0. The van der Waals surface area contributed by atoms with Gasteiger partial charge in [-0.05, 0) is 37.6 Å². The van der Waals surface area contributed by atoms with Crippen molar-refractivity contribution in [3.05, 3.63) is 39.9 Å². The first-order valence-electron chi connectivity index (χ1n) is 4.54. The van der Waals surface area contributed by atoms with Gasteiger partial charge in [0, 0.05) is 15.5 Å². The molecule has 1 aliphatic rings. The summed E-state index contributed by atoms with van der Waals surface area (Å²) < 4.78 is 1.01. The Morgan fingerprint density at radius 1 is 1.29 bits per heavy atom. The number of allylic oxidation sites excluding steroid dienone is 1. The minimum atomic E-state index is -0.360. The average molecular weight is 251 g/mol. The predicted molar refractivity (Wildman–Crippen MR) is 61.3 cm³/mol. The fraction of sp³-hybridized carbons (Fsp3) is 0.250. The number of benzene rings is 1. The number of halogens is 1. The zero-order valence-electron chi connectivity index (χ0n) is 8.17. The van der Waals surface area contributed by atoms with Gasteiger partial charge in [0.05, 0.1) is 0 Å². The van der Waals surface area contributed by atoms with Gasteiger partial charge in [0.1, 0.15) is 0 Å². The van der Waals surface area contributed by atoms with Crippen LogP contribution >= 0.6 is 15.9 Å². The van der Waals surface area contributed by atoms with Gasteiger partial charge in [-0.15, -0.1) is 0 Å². The highest BCUT2D eigenvalue weighted by atomic mass is 79.9. The van der Waals surface area contributed by atoms with E-state index in [1.54, 1.807) is 0 Å². The molecule has 0 saturated heterocycles. The van der Waals surface area contributed by atoms with E-state index in [-0.39, 0.29) is 11.2 Å². The van der Waals surface area contributed by atoms with Crippen LogP contribution in [0.15, 0.2) is 28.7 Å². The number of carbonyl (C=O) groups is 1. The van der Waals surface area contributed by atoms with E-state index in [4.69, 9.17) is 0 Å². The first kappa shape index (κ1) is 9.66. The highest BCUT2D eigenvalue weighted by Crippen LogP contribution is 2.32. The lowest BCUT2D eigenvalue weighted by atomic mass is 9.78. The summed E-state index contributed by atoms with van der Waals surface area (Å²) in [6.07, 6.45) is 3.98. The monoisotopic (exact) mass is 250 g/mol. The third-order valence-corrected chi connectivity index (χ3v) is 3.02. The first-order chi connectivity index (χ1) is 6.50. The summed E-state index contributed by atoms with van der Waals surface area (Å²) in [5.74, 6) is 0.197. The van der Waals surface area contributed by atoms with Gasteiger partial charge in [-0.1, -0.05) is 28.1 Å². The Kier molecular flexibility index (Phi) is 2.11. The van der Waals surface area contributed by atoms with Crippen LogP contribution in [-0.4, -0.2) is 5.78 Å². The Balaban J connectivity index is 2.61. The van der Waals surface area contributed by atoms with Crippen molar-refractivity contribution in [1.29, 1.82) is 0 Å². The largest absolute Gasteiger partial charge is 0.293 e. The molecule has 0 fully saturated rings. The van der Waals surface area contributed by atoms with Crippen LogP contribution in [0.25, 0.3) is 6.08 Å². The minimum absolute atomic E-state index is 0.197. The van der Waals surface area contributed by atoms with Crippen molar-refractivity contribution in [3.63, 3.8) is 0 Å². The molecule has 0 aliphatic heterocycles. The number of fused-ring (bicyclic) bond motifs is 1. The molecule has 0 saturated carbocycles. The van der Waals surface area contributed by atoms with Crippen LogP contribution < -0.4 is 0 Å². The highest BCUT2D eigenvalue weighted by Gasteiger charge is 2.30. The van der Waals surface area contributed by atoms with Crippen molar-refractivity contribution in [3.8, 4) is 0 Å². The van der Waals surface area contributed by atoms with Crippen LogP contribution in [-0.2, 0) is 0 Å². The summed E-state index contributed by atoms with van der Waals surface area (Å²) in [6, 6.07) is 5.76. The van der Waals surface area contributed by atoms with Crippen LogP contribution in [0, 0.1) is 5.41 Å². The molecule has 0 spiro atoms. The molecule has 1 nitrogen and oxygen atoms in total. The lowest BCUT2D eigenvalue weighted by Gasteiger charge is -2.24. The van der Waals surface area contributed by atoms with Crippen LogP contribution in [0.5, 0.6) is 0 Å². The van der Waals surface area contributed by atoms with Gasteiger partial charge in [-0.2, -0.15) is 0 Å². The van der Waals surface area contributed by atoms with Crippen molar-refractivity contribution in [2.45, 2.75) is 13.8 Å². The summed E-state index contributed by atoms with van der Waals surface area (Å²) in [6.45, 7) is 3.88. The van der Waals surface area contributed by atoms with E-state index in [0.717, 1.165) is 15.6 Å². The molecule has 1 aromatic carbocycles. The van der Waals surface area contributed by atoms with Gasteiger partial charge >= 0.3 is 0 Å². The molecule has 0 bridgehead atoms. The average Bonchev–Trinajstić information content (AvgIpc) is 2.12. The molecule has 2 heteroatoms. The third kappa shape index (κ3) is 1.44. The van der Waals surface area contributed by atoms with E-state index in [1.807, 2.05) is 44.2 Å². The van der Waals surface area contributed by atoms with Gasteiger partial charge in [0.25, 0.3) is 0 Å². The molecule has 0 heterocycles. The zero-order valence-corrected chi connectivity index (χ0v) is 9.76. The molecular weight excluding hydrogens is 240 g/mol. The van der Waals surface area contributed by atoms with Gasteiger partial charge in [-0.25, -0.2) is 0 Å². The number of carbonyl (C=O) groups excluding carboxylic acids is 1. The first-order valence-corrected chi connectivity index (χ1v) is 5.33. The van der Waals surface area contributed by atoms with Crippen molar-refractivity contribution >= 4 is 27.8 Å². The van der Waals surface area contributed by atoms with Crippen molar-refractivity contribution in [1.82, 2.24) is 0 Å². The van der Waals surface area contributed by atoms with Crippen LogP contribution in [0.2, 0.25) is 0 Å². The Bertz CT molecular complexity index is 430. The van der Waals surface area contributed by atoms with E-state index in [9.17, 15) is 4.79 Å². The molecule has 0 amide bonds. The van der Waals surface area contributed by atoms with Crippen molar-refractivity contribution < 1.29 is 4.79 Å². The Hall–Kier alpha value is -0.890. The summed E-state index contributed by atoms with van der Waals surface area (Å²) in [5.41, 5.74) is 1.46. The second-order valence-corrected chi connectivity index (χ2v) is 5.03. The molecule has 0 aromatic heterocycles. The van der Waals surface area contributed by atoms with Gasteiger partial charge < -0.3 is 0 Å². The second-order valence-electron chi connectivity index (χ2n) is 4.12. The predicted octanol–water partition coefficient (Wildman–Crippen LogP) is 3.68. The molecule has 1 aromatic rings. The summed E-state index contributed by atoms with van der Waals surface area (Å²) >= 11 is 3.39. The lowest BCUT2D eigenvalue weighted by molar-refractivity contribution is 0.0883. The number of rotatable bonds is 0. The number of hydrogen-bond acceptors (Lipinski definition) is 1. The smallest absolute Gasteiger partial charge is 0.172 e. The maximum atomic E-state index is 12.0. The molecule has 2 rings (SSSR count). The summed E-state index contributed by atoms with van der Waals surface area (Å²) in [7, 11) is 0. The topological polar surface area (TPSA) is 17.1 Å². The molecule has 0 N–H and O–H groups in total. The molecule has 14 heavy (non-hydrogen) atoms. The van der Waals surface area contributed by atoms with Gasteiger partial charge in [0.15, 0.2) is 5.78 Å². The lowest BCUT2D eigenvalue weighted by Crippen LogP contribution is -2.25. The Morgan fingerprint density at radius 2 is 2.00 bits per heavy atom. The van der Waals surface area contributed by atoms with Crippen LogP contribution in [0.1, 0.15) is 29.8 Å². The van der Waals surface area contributed by atoms with Crippen molar-refractivity contribution in [2.24, 2.45) is 5.41 Å². The standard InChI is InChI=1S/C12H11BrO/c1-12(2)6-5-8-7-9(13)3-4-10(8)11(12)14/h3-7H,1-2H3. The van der Waals surface area contributed by atoms with E-state index in [2.05, 4.69) is 15.9 Å². The number of Topliss-reactive ketones (excluding diaryl/α,β-unsaturated/α-hetero) is 1. The van der Waals surface area contributed by atoms with E-state index in [1.165, 1.54) is 0 Å². The molecule has 0 unspecified atom stereocenters. The third-order valence-electron chi connectivity index (χ3n) is 2.52. The molecule has 1 aliphatic carbocycles. The SMILES string of the molecule is CC1(C)C=Cc2cc(Br)ccc2C1=O. The fourth-order valence-corrected chi connectivity index (χ4v) is 1.98. The maximum absolute atomic E-state index is 12.0. The van der Waals surface area contributed by atoms with E-state index in [0.29, 0.717) is 0 Å². The van der Waals surface area contributed by atoms with Gasteiger partial charge in [0.2, 0.25) is 0 Å². The molecular formula is C12H11BrO. The molecule has 0 radical (unpaired) electrons. The van der Waals surface area contributed by atoms with Gasteiger partial charge in [-0.3, -0.25) is 4.79 Å². The van der Waals surface area contributed by atoms with Crippen LogP contribution in [0.4, 0.5) is 0 Å². The fourth-order valence-electron chi connectivity index (χ4n) is 1.60. The summed E-state index contributed by atoms with van der Waals surface area (Å²) in [4.78, 5) is 12.0. The quantitative estimate of drug-likeness (QED) is 0.687. The minimum Gasteiger partial charge on any atom is -0.293 e. The maximum Gasteiger partial charge on any atom is 0.172 e. The number of ketones is 1. The molecule has 72 valence electrons. The second kappa shape index (κ2) is 3.06. The number of hydrogen-bond donors (Lipinski definition) is 0. The normalized spacial score (nSPS) is 18.1. The van der Waals surface area contributed by atoms with E-state index < -0.39 is 0 Å². The van der Waals surface area contributed by atoms with Crippen LogP contribution in [0.3, 0.4) is 0 Å². The Labute approximate surface area is 92.0 Å². The molecule has 0 atom stereocenters. The van der Waals surface area contributed by atoms with E-state index >= 15 is 0 Å². The highest BCUT2D eigenvalue weighted by molar-refractivity contribution is 9.10.